The zero-order valence-electron chi connectivity index (χ0n) is 21.0. The Morgan fingerprint density at radius 1 is 0.895 bits per heavy atom. The summed E-state index contributed by atoms with van der Waals surface area (Å²) < 4.78 is 54.4. The van der Waals surface area contributed by atoms with E-state index in [-0.39, 0.29) is 41.8 Å². The second-order valence-corrected chi connectivity index (χ2v) is 14.2. The van der Waals surface area contributed by atoms with Crippen LogP contribution in [-0.4, -0.2) is 59.8 Å². The van der Waals surface area contributed by atoms with E-state index in [0.29, 0.717) is 21.4 Å². The van der Waals surface area contributed by atoms with Crippen molar-refractivity contribution in [3.05, 3.63) is 36.7 Å². The lowest BCUT2D eigenvalue weighted by Gasteiger charge is -2.24. The van der Waals surface area contributed by atoms with E-state index in [2.05, 4.69) is 15.4 Å². The standard InChI is InChI=1S/C24H32Cl2N6O4S2/c25-13-5-15-37(33,34)32(38(35,36)16-6-14-26)22-11-9-20(10-12-22)29-24-27-17-19-18-28-31(23(19)30-24)21-7-3-1-2-4-8-21/h9-12,17-18,21H,1-8,13-16H2,(H,27,29,30). The maximum atomic E-state index is 13.0. The molecule has 1 N–H and O–H groups in total. The molecular formula is C24H32Cl2N6O4S2. The van der Waals surface area contributed by atoms with Gasteiger partial charge in [-0.15, -0.1) is 23.2 Å². The van der Waals surface area contributed by atoms with Gasteiger partial charge in [-0.25, -0.2) is 26.5 Å². The van der Waals surface area contributed by atoms with Crippen LogP contribution in [0.15, 0.2) is 36.7 Å². The number of hydrogen-bond acceptors (Lipinski definition) is 8. The molecule has 208 valence electrons. The van der Waals surface area contributed by atoms with Crippen molar-refractivity contribution in [1.29, 1.82) is 0 Å². The lowest BCUT2D eigenvalue weighted by molar-refractivity contribution is 0.415. The molecule has 1 aromatic carbocycles. The minimum Gasteiger partial charge on any atom is -0.324 e. The van der Waals surface area contributed by atoms with Gasteiger partial charge in [0, 0.05) is 23.6 Å². The Hall–Kier alpha value is -2.15. The third-order valence-corrected chi connectivity index (χ3v) is 11.4. The minimum absolute atomic E-state index is 0.0162. The molecule has 0 unspecified atom stereocenters. The number of nitrogens with one attached hydrogen (secondary N) is 1. The zero-order chi connectivity index (χ0) is 27.2. The third kappa shape index (κ3) is 6.88. The topological polar surface area (TPSA) is 127 Å². The first-order valence-corrected chi connectivity index (χ1v) is 17.0. The molecule has 0 atom stereocenters. The number of benzene rings is 1. The van der Waals surface area contributed by atoms with E-state index in [0.717, 1.165) is 23.9 Å². The Morgan fingerprint density at radius 3 is 2.08 bits per heavy atom. The molecule has 2 aromatic heterocycles. The van der Waals surface area contributed by atoms with Crippen molar-refractivity contribution in [3.8, 4) is 0 Å². The second-order valence-electron chi connectivity index (χ2n) is 9.29. The van der Waals surface area contributed by atoms with Crippen LogP contribution in [0.4, 0.5) is 17.3 Å². The fourth-order valence-corrected chi connectivity index (χ4v) is 9.25. The fourth-order valence-electron chi connectivity index (χ4n) is 4.60. The lowest BCUT2D eigenvalue weighted by atomic mass is 10.1. The number of anilines is 3. The van der Waals surface area contributed by atoms with Gasteiger partial charge in [-0.05, 0) is 49.9 Å². The predicted molar refractivity (Wildman–Crippen MR) is 153 cm³/mol. The molecule has 0 spiro atoms. The number of fused-ring (bicyclic) bond motifs is 1. The highest BCUT2D eigenvalue weighted by Crippen LogP contribution is 2.30. The maximum Gasteiger partial charge on any atom is 0.248 e. The molecule has 0 saturated heterocycles. The normalized spacial score (nSPS) is 15.4. The van der Waals surface area contributed by atoms with Crippen molar-refractivity contribution in [1.82, 2.24) is 19.7 Å². The van der Waals surface area contributed by atoms with Crippen LogP contribution in [0.3, 0.4) is 0 Å². The van der Waals surface area contributed by atoms with Gasteiger partial charge in [0.1, 0.15) is 0 Å². The van der Waals surface area contributed by atoms with E-state index in [1.54, 1.807) is 24.5 Å². The van der Waals surface area contributed by atoms with Crippen molar-refractivity contribution >= 4 is 71.6 Å². The summed E-state index contributed by atoms with van der Waals surface area (Å²) in [5.41, 5.74) is 1.35. The van der Waals surface area contributed by atoms with E-state index in [4.69, 9.17) is 28.2 Å². The molecule has 1 fully saturated rings. The van der Waals surface area contributed by atoms with E-state index in [1.807, 2.05) is 4.68 Å². The Kier molecular flexibility index (Phi) is 9.72. The fraction of sp³-hybridized carbons (Fsp3) is 0.542. The van der Waals surface area contributed by atoms with Gasteiger partial charge < -0.3 is 5.32 Å². The number of aromatic nitrogens is 4. The SMILES string of the molecule is O=S(=O)(CCCCl)N(c1ccc(Nc2ncc3cnn(C4CCCCCC4)c3n2)cc1)S(=O)(=O)CCCCl. The first kappa shape index (κ1) is 28.8. The van der Waals surface area contributed by atoms with Gasteiger partial charge in [-0.2, -0.15) is 13.8 Å². The summed E-state index contributed by atoms with van der Waals surface area (Å²) in [6, 6.07) is 6.36. The molecule has 10 nitrogen and oxygen atoms in total. The number of nitrogens with zero attached hydrogens (tertiary/aromatic N) is 5. The zero-order valence-corrected chi connectivity index (χ0v) is 24.1. The van der Waals surface area contributed by atoms with E-state index < -0.39 is 20.0 Å². The molecule has 0 amide bonds. The highest BCUT2D eigenvalue weighted by Gasteiger charge is 2.33. The Bertz CT molecular complexity index is 1390. The van der Waals surface area contributed by atoms with Crippen LogP contribution < -0.4 is 9.03 Å². The molecule has 3 aromatic rings. The van der Waals surface area contributed by atoms with Crippen LogP contribution >= 0.6 is 23.2 Å². The van der Waals surface area contributed by atoms with Crippen LogP contribution in [0.5, 0.6) is 0 Å². The first-order chi connectivity index (χ1) is 18.2. The molecule has 14 heteroatoms. The molecule has 1 saturated carbocycles. The molecular weight excluding hydrogens is 571 g/mol. The quantitative estimate of drug-likeness (QED) is 0.221. The summed E-state index contributed by atoms with van der Waals surface area (Å²) in [5, 5.41) is 8.56. The molecule has 0 aliphatic heterocycles. The summed E-state index contributed by atoms with van der Waals surface area (Å²) in [4.78, 5) is 9.07. The monoisotopic (exact) mass is 602 g/mol. The Balaban J connectivity index is 1.58. The Labute approximate surface area is 233 Å². The number of rotatable bonds is 12. The van der Waals surface area contributed by atoms with Crippen LogP contribution in [-0.2, 0) is 20.0 Å². The van der Waals surface area contributed by atoms with Gasteiger partial charge in [-0.3, -0.25) is 0 Å². The molecule has 1 aliphatic rings. The van der Waals surface area contributed by atoms with Crippen molar-refractivity contribution in [2.75, 3.05) is 32.3 Å². The van der Waals surface area contributed by atoms with Crippen LogP contribution in [0.25, 0.3) is 11.0 Å². The van der Waals surface area contributed by atoms with E-state index in [1.165, 1.54) is 37.8 Å². The van der Waals surface area contributed by atoms with Crippen molar-refractivity contribution < 1.29 is 16.8 Å². The maximum absolute atomic E-state index is 13.0. The summed E-state index contributed by atoms with van der Waals surface area (Å²) >= 11 is 11.3. The highest BCUT2D eigenvalue weighted by molar-refractivity contribution is 8.10. The van der Waals surface area contributed by atoms with Gasteiger partial charge in [0.25, 0.3) is 0 Å². The summed E-state index contributed by atoms with van der Waals surface area (Å²) in [6.07, 6.45) is 10.7. The summed E-state index contributed by atoms with van der Waals surface area (Å²) in [5.74, 6) is -0.219. The molecule has 1 aliphatic carbocycles. The van der Waals surface area contributed by atoms with Gasteiger partial charge >= 0.3 is 0 Å². The van der Waals surface area contributed by atoms with Gasteiger partial charge in [0.05, 0.1) is 34.8 Å². The summed E-state index contributed by atoms with van der Waals surface area (Å²) in [6.45, 7) is 0. The molecule has 2 heterocycles. The minimum atomic E-state index is -4.17. The Morgan fingerprint density at radius 2 is 1.50 bits per heavy atom. The van der Waals surface area contributed by atoms with E-state index >= 15 is 0 Å². The highest BCUT2D eigenvalue weighted by atomic mass is 35.5. The first-order valence-electron chi connectivity index (χ1n) is 12.7. The molecule has 38 heavy (non-hydrogen) atoms. The second kappa shape index (κ2) is 12.8. The van der Waals surface area contributed by atoms with Crippen LogP contribution in [0, 0.1) is 0 Å². The predicted octanol–water partition coefficient (Wildman–Crippen LogP) is 5.19. The van der Waals surface area contributed by atoms with Crippen LogP contribution in [0.2, 0.25) is 0 Å². The molecule has 0 bridgehead atoms. The molecule has 0 radical (unpaired) electrons. The lowest BCUT2D eigenvalue weighted by Crippen LogP contribution is -2.40. The largest absolute Gasteiger partial charge is 0.324 e. The van der Waals surface area contributed by atoms with Gasteiger partial charge in [0.2, 0.25) is 26.0 Å². The number of alkyl halides is 2. The number of sulfonamides is 2. The number of hydrogen-bond donors (Lipinski definition) is 1. The smallest absolute Gasteiger partial charge is 0.248 e. The summed E-state index contributed by atoms with van der Waals surface area (Å²) in [7, 11) is -8.34. The average Bonchev–Trinajstić information content (AvgIpc) is 3.11. The van der Waals surface area contributed by atoms with E-state index in [9.17, 15) is 16.8 Å². The van der Waals surface area contributed by atoms with Crippen LogP contribution in [0.1, 0.15) is 57.4 Å². The number of halogens is 2. The average molecular weight is 604 g/mol. The van der Waals surface area contributed by atoms with Gasteiger partial charge in [-0.1, -0.05) is 25.7 Å². The van der Waals surface area contributed by atoms with Crippen molar-refractivity contribution in [3.63, 3.8) is 0 Å². The van der Waals surface area contributed by atoms with Crippen molar-refractivity contribution in [2.24, 2.45) is 0 Å². The molecule has 4 rings (SSSR count). The van der Waals surface area contributed by atoms with Crippen molar-refractivity contribution in [2.45, 2.75) is 57.4 Å². The third-order valence-electron chi connectivity index (χ3n) is 6.42. The van der Waals surface area contributed by atoms with Gasteiger partial charge in [0.15, 0.2) is 5.65 Å².